The van der Waals surface area contributed by atoms with E-state index in [1.54, 1.807) is 0 Å². The molecule has 0 radical (unpaired) electrons. The van der Waals surface area contributed by atoms with Gasteiger partial charge in [0.05, 0.1) is 0 Å². The molecule has 2 fully saturated rings. The zero-order valence-electron chi connectivity index (χ0n) is 12.6. The average molecular weight is 273 g/mol. The van der Waals surface area contributed by atoms with Crippen LogP contribution in [0.5, 0.6) is 0 Å². The average Bonchev–Trinajstić information content (AvgIpc) is 3.15. The first-order valence-electron chi connectivity index (χ1n) is 8.30. The number of hydrogen-bond donors (Lipinski definition) is 1. The van der Waals surface area contributed by atoms with E-state index in [-0.39, 0.29) is 0 Å². The highest BCUT2D eigenvalue weighted by molar-refractivity contribution is 5.54. The molecule has 2 heterocycles. The van der Waals surface area contributed by atoms with E-state index in [2.05, 4.69) is 28.2 Å². The van der Waals surface area contributed by atoms with Crippen molar-refractivity contribution in [2.24, 2.45) is 5.92 Å². The molecule has 0 aromatic carbocycles. The molecule has 1 saturated heterocycles. The van der Waals surface area contributed by atoms with Crippen molar-refractivity contribution in [1.29, 1.82) is 0 Å². The minimum atomic E-state index is 0.778. The van der Waals surface area contributed by atoms with Crippen molar-refractivity contribution in [1.82, 2.24) is 10.3 Å². The van der Waals surface area contributed by atoms with Crippen LogP contribution in [0.15, 0.2) is 18.5 Å². The molecule has 3 rings (SSSR count). The molecule has 1 saturated carbocycles. The zero-order chi connectivity index (χ0) is 13.8. The van der Waals surface area contributed by atoms with Gasteiger partial charge in [-0.3, -0.25) is 4.98 Å². The minimum absolute atomic E-state index is 0.778. The van der Waals surface area contributed by atoms with Crippen LogP contribution in [0.1, 0.15) is 51.0 Å². The zero-order valence-corrected chi connectivity index (χ0v) is 12.6. The summed E-state index contributed by atoms with van der Waals surface area (Å²) in [5, 5.41) is 3.45. The normalized spacial score (nSPS) is 23.6. The van der Waals surface area contributed by atoms with E-state index < -0.39 is 0 Å². The fourth-order valence-corrected chi connectivity index (χ4v) is 4.02. The molecule has 1 aliphatic heterocycles. The summed E-state index contributed by atoms with van der Waals surface area (Å²) in [5.74, 6) is 0.928. The number of nitrogens with one attached hydrogen (secondary N) is 1. The Bertz CT molecular complexity index is 426. The molecule has 1 unspecified atom stereocenters. The second-order valence-corrected chi connectivity index (χ2v) is 6.23. The fourth-order valence-electron chi connectivity index (χ4n) is 4.02. The quantitative estimate of drug-likeness (QED) is 0.891. The Kier molecular flexibility index (Phi) is 4.56. The van der Waals surface area contributed by atoms with Crippen molar-refractivity contribution in [3.05, 3.63) is 24.0 Å². The monoisotopic (exact) mass is 273 g/mol. The summed E-state index contributed by atoms with van der Waals surface area (Å²) in [6, 6.07) is 3.00. The highest BCUT2D eigenvalue weighted by Gasteiger charge is 2.34. The first-order valence-corrected chi connectivity index (χ1v) is 8.30. The number of anilines is 1. The van der Waals surface area contributed by atoms with E-state index in [1.165, 1.54) is 56.3 Å². The van der Waals surface area contributed by atoms with Gasteiger partial charge in [0.1, 0.15) is 0 Å². The Morgan fingerprint density at radius 2 is 2.10 bits per heavy atom. The van der Waals surface area contributed by atoms with Gasteiger partial charge in [-0.05, 0) is 44.2 Å². The molecule has 1 N–H and O–H groups in total. The van der Waals surface area contributed by atoms with Crippen LogP contribution in [-0.2, 0) is 6.54 Å². The number of hydrogen-bond acceptors (Lipinski definition) is 3. The largest absolute Gasteiger partial charge is 0.368 e. The summed E-state index contributed by atoms with van der Waals surface area (Å²) < 4.78 is 0. The summed E-state index contributed by atoms with van der Waals surface area (Å²) in [6.07, 6.45) is 12.5. The molecule has 1 atom stereocenters. The maximum absolute atomic E-state index is 4.33. The van der Waals surface area contributed by atoms with E-state index in [0.717, 1.165) is 25.0 Å². The van der Waals surface area contributed by atoms with Gasteiger partial charge in [0.15, 0.2) is 0 Å². The highest BCUT2D eigenvalue weighted by atomic mass is 15.2. The Balaban J connectivity index is 1.79. The van der Waals surface area contributed by atoms with E-state index >= 15 is 0 Å². The maximum Gasteiger partial charge on any atom is 0.0445 e. The molecule has 3 heteroatoms. The van der Waals surface area contributed by atoms with Gasteiger partial charge >= 0.3 is 0 Å². The van der Waals surface area contributed by atoms with Gasteiger partial charge < -0.3 is 10.2 Å². The summed E-state index contributed by atoms with van der Waals surface area (Å²) in [5.41, 5.74) is 2.79. The molecule has 1 aliphatic carbocycles. The van der Waals surface area contributed by atoms with E-state index in [4.69, 9.17) is 0 Å². The van der Waals surface area contributed by atoms with Gasteiger partial charge in [-0.1, -0.05) is 19.8 Å². The van der Waals surface area contributed by atoms with Crippen LogP contribution < -0.4 is 10.2 Å². The van der Waals surface area contributed by atoms with Crippen LogP contribution in [0.3, 0.4) is 0 Å². The standard InChI is InChI=1S/C17H27N3/c1-2-18-12-15-13-19-10-9-17(15)20-11-5-8-16(20)14-6-3-4-7-14/h9-10,13-14,16,18H,2-8,11-12H2,1H3. The smallest absolute Gasteiger partial charge is 0.0445 e. The first kappa shape index (κ1) is 13.9. The second-order valence-electron chi connectivity index (χ2n) is 6.23. The van der Waals surface area contributed by atoms with Gasteiger partial charge in [-0.2, -0.15) is 0 Å². The molecule has 2 aliphatic rings. The Hall–Kier alpha value is -1.09. The second kappa shape index (κ2) is 6.57. The third-order valence-electron chi connectivity index (χ3n) is 5.00. The Morgan fingerprint density at radius 3 is 2.90 bits per heavy atom. The topological polar surface area (TPSA) is 28.2 Å². The summed E-state index contributed by atoms with van der Waals surface area (Å²) in [6.45, 7) is 5.34. The van der Waals surface area contributed by atoms with Crippen molar-refractivity contribution >= 4 is 5.69 Å². The predicted molar refractivity (Wildman–Crippen MR) is 83.9 cm³/mol. The van der Waals surface area contributed by atoms with E-state index in [9.17, 15) is 0 Å². The van der Waals surface area contributed by atoms with Crippen LogP contribution in [-0.4, -0.2) is 24.1 Å². The van der Waals surface area contributed by atoms with Gasteiger partial charge in [0.25, 0.3) is 0 Å². The highest BCUT2D eigenvalue weighted by Crippen LogP contribution is 2.38. The first-order chi connectivity index (χ1) is 9.90. The Morgan fingerprint density at radius 1 is 1.25 bits per heavy atom. The van der Waals surface area contributed by atoms with Crippen LogP contribution >= 0.6 is 0 Å². The predicted octanol–water partition coefficient (Wildman–Crippen LogP) is 3.35. The van der Waals surface area contributed by atoms with Crippen molar-refractivity contribution in [2.45, 2.75) is 58.0 Å². The Labute approximate surface area is 122 Å². The van der Waals surface area contributed by atoms with Crippen LogP contribution in [0.25, 0.3) is 0 Å². The maximum atomic E-state index is 4.33. The van der Waals surface area contributed by atoms with E-state index in [1.807, 2.05) is 12.4 Å². The molecule has 0 spiro atoms. The lowest BCUT2D eigenvalue weighted by molar-refractivity contribution is 0.430. The summed E-state index contributed by atoms with van der Waals surface area (Å²) in [4.78, 5) is 7.01. The lowest BCUT2D eigenvalue weighted by atomic mass is 9.95. The molecule has 3 nitrogen and oxygen atoms in total. The summed E-state index contributed by atoms with van der Waals surface area (Å²) >= 11 is 0. The number of pyridine rings is 1. The van der Waals surface area contributed by atoms with Gasteiger partial charge in [0.2, 0.25) is 0 Å². The van der Waals surface area contributed by atoms with Gasteiger partial charge in [0, 0.05) is 42.8 Å². The molecular weight excluding hydrogens is 246 g/mol. The molecule has 110 valence electrons. The van der Waals surface area contributed by atoms with Crippen LogP contribution in [0.2, 0.25) is 0 Å². The lowest BCUT2D eigenvalue weighted by Gasteiger charge is -2.32. The van der Waals surface area contributed by atoms with Crippen molar-refractivity contribution in [3.63, 3.8) is 0 Å². The molecular formula is C17H27N3. The number of aromatic nitrogens is 1. The number of nitrogens with zero attached hydrogens (tertiary/aromatic N) is 2. The van der Waals surface area contributed by atoms with Crippen LogP contribution in [0.4, 0.5) is 5.69 Å². The van der Waals surface area contributed by atoms with Crippen LogP contribution in [0, 0.1) is 5.92 Å². The third kappa shape index (κ3) is 2.83. The number of rotatable bonds is 5. The van der Waals surface area contributed by atoms with Crippen molar-refractivity contribution in [3.8, 4) is 0 Å². The van der Waals surface area contributed by atoms with Crippen molar-refractivity contribution < 1.29 is 0 Å². The minimum Gasteiger partial charge on any atom is -0.368 e. The molecule has 1 aromatic heterocycles. The van der Waals surface area contributed by atoms with E-state index in [0.29, 0.717) is 0 Å². The molecule has 1 aromatic rings. The molecule has 0 bridgehead atoms. The summed E-state index contributed by atoms with van der Waals surface area (Å²) in [7, 11) is 0. The third-order valence-corrected chi connectivity index (χ3v) is 5.00. The van der Waals surface area contributed by atoms with Gasteiger partial charge in [-0.15, -0.1) is 0 Å². The molecule has 0 amide bonds. The fraction of sp³-hybridized carbons (Fsp3) is 0.706. The van der Waals surface area contributed by atoms with Crippen molar-refractivity contribution in [2.75, 3.05) is 18.0 Å². The molecule has 20 heavy (non-hydrogen) atoms. The van der Waals surface area contributed by atoms with Gasteiger partial charge in [-0.25, -0.2) is 0 Å². The SMILES string of the molecule is CCNCc1cnccc1N1CCCC1C1CCCC1. The lowest BCUT2D eigenvalue weighted by Crippen LogP contribution is -2.35.